The summed E-state index contributed by atoms with van der Waals surface area (Å²) in [6.07, 6.45) is 2.59. The Labute approximate surface area is 167 Å². The van der Waals surface area contributed by atoms with Gasteiger partial charge in [0.25, 0.3) is 0 Å². The molecule has 0 aliphatic rings. The highest BCUT2D eigenvalue weighted by atomic mass is 32.2. The first kappa shape index (κ1) is 20.1. The lowest BCUT2D eigenvalue weighted by molar-refractivity contribution is -0.115. The summed E-state index contributed by atoms with van der Waals surface area (Å²) in [6.45, 7) is 5.94. The normalized spacial score (nSPS) is 13.3. The van der Waals surface area contributed by atoms with Crippen molar-refractivity contribution in [3.63, 3.8) is 0 Å². The molecule has 148 valence electrons. The van der Waals surface area contributed by atoms with Crippen LogP contribution in [0.2, 0.25) is 0 Å². The van der Waals surface area contributed by atoms with Gasteiger partial charge in [-0.3, -0.25) is 4.79 Å². The molecule has 2 aromatic heterocycles. The number of halogens is 1. The summed E-state index contributed by atoms with van der Waals surface area (Å²) in [6, 6.07) is 8.06. The van der Waals surface area contributed by atoms with Crippen LogP contribution < -0.4 is 5.32 Å². The minimum atomic E-state index is -0.385. The predicted octanol–water partition coefficient (Wildman–Crippen LogP) is 3.91. The lowest BCUT2D eigenvalue weighted by atomic mass is 10.2. The summed E-state index contributed by atoms with van der Waals surface area (Å²) in [5.41, 5.74) is 0.762. The van der Waals surface area contributed by atoms with E-state index in [4.69, 9.17) is 0 Å². The van der Waals surface area contributed by atoms with Gasteiger partial charge in [-0.15, -0.1) is 10.2 Å². The summed E-state index contributed by atoms with van der Waals surface area (Å²) < 4.78 is 16.7. The lowest BCUT2D eigenvalue weighted by Crippen LogP contribution is -2.25. The standard InChI is InChI=1S/C19H23FN6OS/c1-5-12(2)26-16(10-11-21-26)22-18(27)13(3)28-19-24-23-17(25(19)4)14-6-8-15(20)9-7-14/h6-13H,5H2,1-4H3,(H,22,27)/t12-,13+/m1/s1. The zero-order valence-corrected chi connectivity index (χ0v) is 17.1. The molecule has 1 aromatic carbocycles. The van der Waals surface area contributed by atoms with E-state index in [0.29, 0.717) is 16.8 Å². The number of anilines is 1. The van der Waals surface area contributed by atoms with E-state index >= 15 is 0 Å². The van der Waals surface area contributed by atoms with Gasteiger partial charge in [-0.25, -0.2) is 9.07 Å². The molecule has 0 bridgehead atoms. The first-order valence-corrected chi connectivity index (χ1v) is 9.95. The Bertz CT molecular complexity index is 952. The molecule has 2 atom stereocenters. The van der Waals surface area contributed by atoms with Gasteiger partial charge in [0.1, 0.15) is 11.6 Å². The minimum Gasteiger partial charge on any atom is -0.310 e. The zero-order chi connectivity index (χ0) is 20.3. The molecule has 7 nitrogen and oxygen atoms in total. The van der Waals surface area contributed by atoms with E-state index in [-0.39, 0.29) is 23.0 Å². The third kappa shape index (κ3) is 4.24. The number of hydrogen-bond donors (Lipinski definition) is 1. The van der Waals surface area contributed by atoms with E-state index in [2.05, 4.69) is 34.5 Å². The van der Waals surface area contributed by atoms with Gasteiger partial charge in [-0.1, -0.05) is 18.7 Å². The van der Waals surface area contributed by atoms with Crippen molar-refractivity contribution in [3.8, 4) is 11.4 Å². The fraction of sp³-hybridized carbons (Fsp3) is 0.368. The number of nitrogens with one attached hydrogen (secondary N) is 1. The number of rotatable bonds is 7. The molecule has 0 fully saturated rings. The molecule has 0 saturated carbocycles. The molecule has 1 N–H and O–H groups in total. The van der Waals surface area contributed by atoms with Gasteiger partial charge in [0.15, 0.2) is 11.0 Å². The highest BCUT2D eigenvalue weighted by molar-refractivity contribution is 8.00. The topological polar surface area (TPSA) is 77.6 Å². The van der Waals surface area contributed by atoms with Gasteiger partial charge in [0.2, 0.25) is 5.91 Å². The SMILES string of the molecule is CC[C@@H](C)n1nccc1NC(=O)[C@H](C)Sc1nnc(-c2ccc(F)cc2)n1C. The Morgan fingerprint density at radius 3 is 2.61 bits per heavy atom. The number of carbonyl (C=O) groups is 1. The summed E-state index contributed by atoms with van der Waals surface area (Å²) >= 11 is 1.31. The van der Waals surface area contributed by atoms with Crippen LogP contribution in [0.3, 0.4) is 0 Å². The molecular weight excluding hydrogens is 379 g/mol. The van der Waals surface area contributed by atoms with Gasteiger partial charge in [-0.05, 0) is 44.5 Å². The molecule has 0 radical (unpaired) electrons. The van der Waals surface area contributed by atoms with Crippen molar-refractivity contribution in [2.45, 2.75) is 43.6 Å². The lowest BCUT2D eigenvalue weighted by Gasteiger charge is -2.16. The van der Waals surface area contributed by atoms with Crippen molar-refractivity contribution in [3.05, 3.63) is 42.3 Å². The second-order valence-electron chi connectivity index (χ2n) is 6.54. The van der Waals surface area contributed by atoms with Crippen LogP contribution in [0.15, 0.2) is 41.7 Å². The number of aromatic nitrogens is 5. The summed E-state index contributed by atoms with van der Waals surface area (Å²) in [5, 5.41) is 15.8. The van der Waals surface area contributed by atoms with Crippen LogP contribution in [0.4, 0.5) is 10.2 Å². The average molecular weight is 402 g/mol. The van der Waals surface area contributed by atoms with Gasteiger partial charge in [0, 0.05) is 18.7 Å². The Balaban J connectivity index is 1.70. The van der Waals surface area contributed by atoms with Crippen molar-refractivity contribution >= 4 is 23.5 Å². The van der Waals surface area contributed by atoms with Crippen LogP contribution in [0, 0.1) is 5.82 Å². The van der Waals surface area contributed by atoms with Crippen molar-refractivity contribution in [1.82, 2.24) is 24.5 Å². The van der Waals surface area contributed by atoms with E-state index in [1.807, 2.05) is 18.7 Å². The van der Waals surface area contributed by atoms with Crippen LogP contribution >= 0.6 is 11.8 Å². The van der Waals surface area contributed by atoms with E-state index in [9.17, 15) is 9.18 Å². The first-order valence-electron chi connectivity index (χ1n) is 9.07. The first-order chi connectivity index (χ1) is 13.4. The summed E-state index contributed by atoms with van der Waals surface area (Å²) in [7, 11) is 1.82. The monoisotopic (exact) mass is 402 g/mol. The maximum absolute atomic E-state index is 13.1. The van der Waals surface area contributed by atoms with Gasteiger partial charge in [-0.2, -0.15) is 5.10 Å². The second kappa shape index (κ2) is 8.55. The minimum absolute atomic E-state index is 0.138. The van der Waals surface area contributed by atoms with Crippen molar-refractivity contribution in [1.29, 1.82) is 0 Å². The molecule has 0 unspecified atom stereocenters. The third-order valence-corrected chi connectivity index (χ3v) is 5.65. The molecule has 0 spiro atoms. The van der Waals surface area contributed by atoms with Gasteiger partial charge < -0.3 is 9.88 Å². The summed E-state index contributed by atoms with van der Waals surface area (Å²) in [4.78, 5) is 12.6. The fourth-order valence-corrected chi connectivity index (χ4v) is 3.46. The molecule has 0 saturated heterocycles. The number of benzene rings is 1. The summed E-state index contributed by atoms with van der Waals surface area (Å²) in [5.74, 6) is 0.852. The van der Waals surface area contributed by atoms with Gasteiger partial charge >= 0.3 is 0 Å². The zero-order valence-electron chi connectivity index (χ0n) is 16.3. The fourth-order valence-electron chi connectivity index (χ4n) is 2.64. The molecule has 2 heterocycles. The smallest absolute Gasteiger partial charge is 0.238 e. The predicted molar refractivity (Wildman–Crippen MR) is 108 cm³/mol. The second-order valence-corrected chi connectivity index (χ2v) is 7.85. The molecule has 1 amide bonds. The van der Waals surface area contributed by atoms with Crippen LogP contribution in [0.25, 0.3) is 11.4 Å². The molecule has 3 rings (SSSR count). The van der Waals surface area contributed by atoms with Crippen molar-refractivity contribution in [2.75, 3.05) is 5.32 Å². The highest BCUT2D eigenvalue weighted by Gasteiger charge is 2.21. The van der Waals surface area contributed by atoms with Crippen molar-refractivity contribution < 1.29 is 9.18 Å². The van der Waals surface area contributed by atoms with E-state index in [1.165, 1.54) is 23.9 Å². The Morgan fingerprint density at radius 1 is 1.21 bits per heavy atom. The number of amides is 1. The maximum Gasteiger partial charge on any atom is 0.238 e. The average Bonchev–Trinajstić information content (AvgIpc) is 3.29. The molecule has 0 aliphatic heterocycles. The molecule has 9 heteroatoms. The Hall–Kier alpha value is -2.68. The van der Waals surface area contributed by atoms with E-state index in [0.717, 1.165) is 12.0 Å². The Kier molecular flexibility index (Phi) is 6.13. The molecule has 0 aliphatic carbocycles. The van der Waals surface area contributed by atoms with Crippen LogP contribution in [0.1, 0.15) is 33.2 Å². The third-order valence-electron chi connectivity index (χ3n) is 4.52. The van der Waals surface area contributed by atoms with E-state index < -0.39 is 0 Å². The quantitative estimate of drug-likeness (QED) is 0.606. The largest absolute Gasteiger partial charge is 0.310 e. The molecule has 3 aromatic rings. The van der Waals surface area contributed by atoms with Crippen molar-refractivity contribution in [2.24, 2.45) is 7.05 Å². The number of nitrogens with zero attached hydrogens (tertiary/aromatic N) is 5. The van der Waals surface area contributed by atoms with E-state index in [1.54, 1.807) is 29.0 Å². The number of carbonyl (C=O) groups excluding carboxylic acids is 1. The maximum atomic E-state index is 13.1. The highest BCUT2D eigenvalue weighted by Crippen LogP contribution is 2.26. The molecule has 28 heavy (non-hydrogen) atoms. The number of hydrogen-bond acceptors (Lipinski definition) is 5. The van der Waals surface area contributed by atoms with Gasteiger partial charge in [0.05, 0.1) is 17.5 Å². The van der Waals surface area contributed by atoms with Crippen LogP contribution in [-0.4, -0.2) is 35.7 Å². The van der Waals surface area contributed by atoms with Crippen LogP contribution in [0.5, 0.6) is 0 Å². The molecular formula is C19H23FN6OS. The Morgan fingerprint density at radius 2 is 1.93 bits per heavy atom. The number of thioether (sulfide) groups is 1. The van der Waals surface area contributed by atoms with Crippen LogP contribution in [-0.2, 0) is 11.8 Å².